The van der Waals surface area contributed by atoms with Gasteiger partial charge >= 0.3 is 0 Å². The highest BCUT2D eigenvalue weighted by Crippen LogP contribution is 2.20. The lowest BCUT2D eigenvalue weighted by Crippen LogP contribution is -2.38. The normalized spacial score (nSPS) is 11.9. The Morgan fingerprint density at radius 3 is 2.48 bits per heavy atom. The maximum atomic E-state index is 12.1. The second-order valence-electron chi connectivity index (χ2n) is 5.45. The minimum absolute atomic E-state index is 0.0261. The van der Waals surface area contributed by atoms with Crippen LogP contribution in [0.1, 0.15) is 32.1 Å². The topological polar surface area (TPSA) is 66.5 Å². The number of nitrogens with one attached hydrogen (secondary N) is 1. The summed E-state index contributed by atoms with van der Waals surface area (Å²) in [5, 5.41) is 0. The van der Waals surface area contributed by atoms with Crippen molar-refractivity contribution < 1.29 is 13.2 Å². The molecule has 0 saturated carbocycles. The smallest absolute Gasteiger partial charge is 0.250 e. The molecule has 0 atom stereocenters. The molecule has 21 heavy (non-hydrogen) atoms. The van der Waals surface area contributed by atoms with Crippen molar-refractivity contribution in [2.75, 3.05) is 19.6 Å². The highest BCUT2D eigenvalue weighted by molar-refractivity contribution is 7.91. The van der Waals surface area contributed by atoms with E-state index in [0.29, 0.717) is 23.2 Å². The zero-order chi connectivity index (χ0) is 16.0. The molecule has 0 saturated heterocycles. The van der Waals surface area contributed by atoms with Crippen LogP contribution in [0.3, 0.4) is 0 Å². The maximum Gasteiger partial charge on any atom is 0.250 e. The third-order valence-electron chi connectivity index (χ3n) is 3.08. The molecule has 0 unspecified atom stereocenters. The van der Waals surface area contributed by atoms with Crippen molar-refractivity contribution in [2.45, 2.75) is 38.3 Å². The summed E-state index contributed by atoms with van der Waals surface area (Å²) >= 11 is 1.24. The van der Waals surface area contributed by atoms with E-state index in [-0.39, 0.29) is 12.5 Å². The van der Waals surface area contributed by atoms with E-state index in [1.54, 1.807) is 17.0 Å². The summed E-state index contributed by atoms with van der Waals surface area (Å²) in [6.45, 7) is 8.86. The van der Waals surface area contributed by atoms with Gasteiger partial charge in [-0.25, -0.2) is 13.1 Å². The Kier molecular flexibility index (Phi) is 6.83. The Bertz CT molecular complexity index is 565. The third kappa shape index (κ3) is 6.15. The van der Waals surface area contributed by atoms with Crippen LogP contribution in [-0.2, 0) is 14.8 Å². The number of hydrogen-bond donors (Lipinski definition) is 1. The number of amides is 1. The molecule has 120 valence electrons. The van der Waals surface area contributed by atoms with Crippen LogP contribution in [0, 0.1) is 12.8 Å². The van der Waals surface area contributed by atoms with Crippen molar-refractivity contribution in [1.82, 2.24) is 9.62 Å². The van der Waals surface area contributed by atoms with Gasteiger partial charge in [-0.1, -0.05) is 13.8 Å². The summed E-state index contributed by atoms with van der Waals surface area (Å²) in [7, 11) is -3.46. The zero-order valence-electron chi connectivity index (χ0n) is 13.0. The predicted molar refractivity (Wildman–Crippen MR) is 86.0 cm³/mol. The number of aryl methyl sites for hydroxylation is 1. The van der Waals surface area contributed by atoms with E-state index in [2.05, 4.69) is 18.6 Å². The number of hydrogen-bond acceptors (Lipinski definition) is 4. The fourth-order valence-electron chi connectivity index (χ4n) is 1.78. The zero-order valence-corrected chi connectivity index (χ0v) is 14.7. The molecule has 1 N–H and O–H groups in total. The van der Waals surface area contributed by atoms with Crippen LogP contribution in [0.4, 0.5) is 0 Å². The lowest BCUT2D eigenvalue weighted by atomic mass is 10.1. The molecule has 0 radical (unpaired) electrons. The van der Waals surface area contributed by atoms with Crippen molar-refractivity contribution in [2.24, 2.45) is 5.92 Å². The van der Waals surface area contributed by atoms with E-state index < -0.39 is 10.0 Å². The minimum Gasteiger partial charge on any atom is -0.342 e. The lowest BCUT2D eigenvalue weighted by Gasteiger charge is -2.22. The Morgan fingerprint density at radius 2 is 2.00 bits per heavy atom. The first-order chi connectivity index (χ1) is 9.72. The second-order valence-corrected chi connectivity index (χ2v) is 8.73. The number of rotatable bonds is 8. The van der Waals surface area contributed by atoms with Gasteiger partial charge in [-0.15, -0.1) is 11.3 Å². The van der Waals surface area contributed by atoms with E-state index in [1.165, 1.54) is 18.3 Å². The van der Waals surface area contributed by atoms with Crippen LogP contribution >= 0.6 is 11.3 Å². The largest absolute Gasteiger partial charge is 0.342 e. The van der Waals surface area contributed by atoms with Gasteiger partial charge < -0.3 is 4.90 Å². The van der Waals surface area contributed by atoms with E-state index in [9.17, 15) is 13.2 Å². The van der Waals surface area contributed by atoms with E-state index >= 15 is 0 Å². The van der Waals surface area contributed by atoms with Gasteiger partial charge in [0, 0.05) is 31.4 Å². The van der Waals surface area contributed by atoms with Gasteiger partial charge in [0.1, 0.15) is 4.21 Å². The monoisotopic (exact) mass is 332 g/mol. The summed E-state index contributed by atoms with van der Waals surface area (Å²) in [6, 6.07) is 3.38. The van der Waals surface area contributed by atoms with E-state index in [0.717, 1.165) is 11.3 Å². The molecule has 1 rings (SSSR count). The second kappa shape index (κ2) is 7.91. The lowest BCUT2D eigenvalue weighted by molar-refractivity contribution is -0.128. The molecule has 0 aliphatic carbocycles. The molecule has 1 heterocycles. The summed E-state index contributed by atoms with van der Waals surface area (Å²) in [4.78, 5) is 14.2. The summed E-state index contributed by atoms with van der Waals surface area (Å²) in [6.07, 6.45) is 0.913. The molecule has 1 aromatic heterocycles. The van der Waals surface area contributed by atoms with Crippen molar-refractivity contribution in [3.8, 4) is 0 Å². The molecule has 0 aliphatic heterocycles. The molecule has 0 fully saturated rings. The first-order valence-electron chi connectivity index (χ1n) is 7.04. The summed E-state index contributed by atoms with van der Waals surface area (Å²) < 4.78 is 27.0. The third-order valence-corrected chi connectivity index (χ3v) is 6.03. The predicted octanol–water partition coefficient (Wildman–Crippen LogP) is 2.23. The molecule has 1 amide bonds. The van der Waals surface area contributed by atoms with Gasteiger partial charge in [-0.3, -0.25) is 4.79 Å². The average Bonchev–Trinajstić information content (AvgIpc) is 2.80. The van der Waals surface area contributed by atoms with Crippen LogP contribution in [0.15, 0.2) is 16.3 Å². The molecule has 5 nitrogen and oxygen atoms in total. The molecule has 0 bridgehead atoms. The molecular weight excluding hydrogens is 308 g/mol. The van der Waals surface area contributed by atoms with Crippen LogP contribution < -0.4 is 4.72 Å². The number of carbonyl (C=O) groups is 1. The molecule has 7 heteroatoms. The van der Waals surface area contributed by atoms with Crippen molar-refractivity contribution in [3.63, 3.8) is 0 Å². The van der Waals surface area contributed by atoms with Crippen LogP contribution in [0.5, 0.6) is 0 Å². The number of sulfonamides is 1. The van der Waals surface area contributed by atoms with Crippen molar-refractivity contribution >= 4 is 27.3 Å². The molecular formula is C14H24N2O3S2. The van der Waals surface area contributed by atoms with Crippen LogP contribution in [0.25, 0.3) is 0 Å². The highest BCUT2D eigenvalue weighted by atomic mass is 32.2. The van der Waals surface area contributed by atoms with E-state index in [4.69, 9.17) is 0 Å². The number of nitrogens with zero attached hydrogens (tertiary/aromatic N) is 1. The maximum absolute atomic E-state index is 12.1. The first kappa shape index (κ1) is 18.1. The fraction of sp³-hybridized carbons (Fsp3) is 0.643. The summed E-state index contributed by atoms with van der Waals surface area (Å²) in [5.74, 6) is 0.486. The molecule has 0 spiro atoms. The quantitative estimate of drug-likeness (QED) is 0.794. The molecule has 0 aliphatic rings. The highest BCUT2D eigenvalue weighted by Gasteiger charge is 2.16. The Morgan fingerprint density at radius 1 is 1.33 bits per heavy atom. The van der Waals surface area contributed by atoms with Gasteiger partial charge in [0.05, 0.1) is 0 Å². The number of thiophene rings is 1. The molecule has 0 aromatic carbocycles. The van der Waals surface area contributed by atoms with E-state index in [1.807, 2.05) is 6.92 Å². The van der Waals surface area contributed by atoms with Gasteiger partial charge in [-0.2, -0.15) is 0 Å². The van der Waals surface area contributed by atoms with Crippen LogP contribution in [-0.4, -0.2) is 38.9 Å². The minimum atomic E-state index is -3.46. The van der Waals surface area contributed by atoms with Crippen molar-refractivity contribution in [1.29, 1.82) is 0 Å². The van der Waals surface area contributed by atoms with Gasteiger partial charge in [0.15, 0.2) is 0 Å². The number of carbonyl (C=O) groups excluding carboxylic acids is 1. The summed E-state index contributed by atoms with van der Waals surface area (Å²) in [5.41, 5.74) is 0. The van der Waals surface area contributed by atoms with Crippen LogP contribution in [0.2, 0.25) is 0 Å². The first-order valence-corrected chi connectivity index (χ1v) is 9.34. The van der Waals surface area contributed by atoms with Gasteiger partial charge in [0.25, 0.3) is 0 Å². The Labute approximate surface area is 131 Å². The van der Waals surface area contributed by atoms with Crippen molar-refractivity contribution in [3.05, 3.63) is 17.0 Å². The SMILES string of the molecule is CC(=O)N(CCNS(=O)(=O)c1ccc(C)s1)CCC(C)C. The van der Waals surface area contributed by atoms with Gasteiger partial charge in [-0.05, 0) is 31.4 Å². The van der Waals surface area contributed by atoms with Gasteiger partial charge in [0.2, 0.25) is 15.9 Å². The molecule has 1 aromatic rings. The Balaban J connectivity index is 2.51. The Hall–Kier alpha value is -0.920. The average molecular weight is 332 g/mol. The fourth-order valence-corrected chi connectivity index (χ4v) is 4.13. The standard InChI is InChI=1S/C14H24N2O3S2/c1-11(2)7-9-16(13(4)17)10-8-15-21(18,19)14-6-5-12(3)20-14/h5-6,11,15H,7-10H2,1-4H3.